The Bertz CT molecular complexity index is 1140. The third-order valence-corrected chi connectivity index (χ3v) is 5.03. The zero-order valence-corrected chi connectivity index (χ0v) is 14.7. The molecule has 5 heterocycles. The lowest BCUT2D eigenvalue weighted by Gasteiger charge is -2.06. The molecule has 0 bridgehead atoms. The molecule has 132 valence electrons. The van der Waals surface area contributed by atoms with E-state index in [-0.39, 0.29) is 5.82 Å². The van der Waals surface area contributed by atoms with E-state index in [0.717, 1.165) is 47.7 Å². The lowest BCUT2D eigenvalue weighted by atomic mass is 10.1. The summed E-state index contributed by atoms with van der Waals surface area (Å²) < 4.78 is 18.2. The van der Waals surface area contributed by atoms with Crippen molar-refractivity contribution in [3.63, 3.8) is 0 Å². The number of aromatic nitrogens is 5. The summed E-state index contributed by atoms with van der Waals surface area (Å²) in [6.07, 6.45) is 6.75. The summed E-state index contributed by atoms with van der Waals surface area (Å²) in [5.74, 6) is 0.0180. The molecule has 1 aliphatic rings. The highest BCUT2D eigenvalue weighted by Gasteiger charge is 2.21. The van der Waals surface area contributed by atoms with Crippen molar-refractivity contribution in [2.45, 2.75) is 26.2 Å². The molecule has 4 aromatic rings. The van der Waals surface area contributed by atoms with Gasteiger partial charge in [-0.2, -0.15) is 5.10 Å². The fourth-order valence-electron chi connectivity index (χ4n) is 3.71. The second kappa shape index (κ2) is 5.60. The minimum absolute atomic E-state index is 0.332. The maximum absolute atomic E-state index is 14.7. The van der Waals surface area contributed by atoms with Crippen molar-refractivity contribution in [2.75, 3.05) is 13.1 Å². The van der Waals surface area contributed by atoms with Crippen LogP contribution in [0.15, 0.2) is 30.7 Å². The predicted molar refractivity (Wildman–Crippen MR) is 96.8 cm³/mol. The number of aryl methyl sites for hydroxylation is 2. The van der Waals surface area contributed by atoms with Crippen LogP contribution in [-0.2, 0) is 0 Å². The van der Waals surface area contributed by atoms with Crippen LogP contribution in [0.4, 0.5) is 4.39 Å². The number of halogens is 1. The number of pyridine rings is 1. The standard InChI is InChI=1S/C19H19FN6/c1-11-5-16(24-26-8-12(2)22-18(11)26)14-6-15(20)19-23-17(10-25(19)9-14)13-3-4-21-7-13/h5-6,8-10,13,21H,3-4,7H2,1-2H3/t13-/m1/s1. The molecule has 0 aliphatic carbocycles. The number of nitrogens with zero attached hydrogens (tertiary/aromatic N) is 5. The first-order valence-corrected chi connectivity index (χ1v) is 8.81. The van der Waals surface area contributed by atoms with E-state index in [0.29, 0.717) is 17.3 Å². The number of rotatable bonds is 2. The average Bonchev–Trinajstić information content (AvgIpc) is 3.32. The van der Waals surface area contributed by atoms with Gasteiger partial charge in [0, 0.05) is 30.4 Å². The number of hydrogen-bond acceptors (Lipinski definition) is 4. The first-order valence-electron chi connectivity index (χ1n) is 8.81. The van der Waals surface area contributed by atoms with Crippen LogP contribution in [0.2, 0.25) is 0 Å². The van der Waals surface area contributed by atoms with E-state index in [2.05, 4.69) is 20.4 Å². The first-order chi connectivity index (χ1) is 12.6. The average molecular weight is 350 g/mol. The highest BCUT2D eigenvalue weighted by atomic mass is 19.1. The minimum Gasteiger partial charge on any atom is -0.316 e. The van der Waals surface area contributed by atoms with Crippen LogP contribution in [0.25, 0.3) is 22.6 Å². The van der Waals surface area contributed by atoms with Gasteiger partial charge in [0.1, 0.15) is 0 Å². The van der Waals surface area contributed by atoms with E-state index in [1.807, 2.05) is 38.5 Å². The maximum atomic E-state index is 14.7. The van der Waals surface area contributed by atoms with Gasteiger partial charge in [0.25, 0.3) is 0 Å². The molecule has 0 aromatic carbocycles. The predicted octanol–water partition coefficient (Wildman–Crippen LogP) is 2.88. The summed E-state index contributed by atoms with van der Waals surface area (Å²) in [4.78, 5) is 8.98. The molecule has 0 unspecified atom stereocenters. The number of imidazole rings is 2. The molecule has 7 heteroatoms. The zero-order valence-electron chi connectivity index (χ0n) is 14.7. The van der Waals surface area contributed by atoms with Gasteiger partial charge in [0.15, 0.2) is 17.1 Å². The topological polar surface area (TPSA) is 59.5 Å². The van der Waals surface area contributed by atoms with Crippen molar-refractivity contribution in [1.29, 1.82) is 0 Å². The lowest BCUT2D eigenvalue weighted by molar-refractivity contribution is 0.629. The van der Waals surface area contributed by atoms with Crippen molar-refractivity contribution in [2.24, 2.45) is 0 Å². The summed E-state index contributed by atoms with van der Waals surface area (Å²) >= 11 is 0. The maximum Gasteiger partial charge on any atom is 0.173 e. The van der Waals surface area contributed by atoms with E-state index in [1.165, 1.54) is 6.07 Å². The smallest absolute Gasteiger partial charge is 0.173 e. The number of fused-ring (bicyclic) bond motifs is 2. The van der Waals surface area contributed by atoms with Gasteiger partial charge >= 0.3 is 0 Å². The molecule has 0 amide bonds. The van der Waals surface area contributed by atoms with Crippen LogP contribution < -0.4 is 5.32 Å². The highest BCUT2D eigenvalue weighted by molar-refractivity contribution is 5.64. The fraction of sp³-hybridized carbons (Fsp3) is 0.316. The monoisotopic (exact) mass is 350 g/mol. The molecule has 0 saturated carbocycles. The van der Waals surface area contributed by atoms with Crippen LogP contribution in [0, 0.1) is 19.7 Å². The summed E-state index contributed by atoms with van der Waals surface area (Å²) in [5.41, 5.74) is 5.48. The van der Waals surface area contributed by atoms with E-state index in [9.17, 15) is 4.39 Å². The number of nitrogens with one attached hydrogen (secondary N) is 1. The van der Waals surface area contributed by atoms with Crippen LogP contribution in [0.1, 0.15) is 29.3 Å². The Morgan fingerprint density at radius 1 is 1.12 bits per heavy atom. The third kappa shape index (κ3) is 2.39. The quantitative estimate of drug-likeness (QED) is 0.604. The summed E-state index contributed by atoms with van der Waals surface area (Å²) in [6.45, 7) is 5.81. The zero-order chi connectivity index (χ0) is 17.8. The Balaban J connectivity index is 1.64. The Morgan fingerprint density at radius 2 is 2.00 bits per heavy atom. The normalized spacial score (nSPS) is 17.6. The molecule has 1 atom stereocenters. The Kier molecular flexibility index (Phi) is 3.33. The van der Waals surface area contributed by atoms with Crippen LogP contribution in [-0.4, -0.2) is 37.1 Å². The molecule has 5 rings (SSSR count). The van der Waals surface area contributed by atoms with Crippen molar-refractivity contribution < 1.29 is 4.39 Å². The van der Waals surface area contributed by atoms with Crippen molar-refractivity contribution >= 4 is 11.3 Å². The molecule has 26 heavy (non-hydrogen) atoms. The minimum atomic E-state index is -0.332. The van der Waals surface area contributed by atoms with Crippen LogP contribution >= 0.6 is 0 Å². The molecule has 4 aromatic heterocycles. The SMILES string of the molecule is Cc1cn2nc(-c3cc(F)c4nc([C@@H]5CCNC5)cn4c3)cc(C)c2n1. The third-order valence-electron chi connectivity index (χ3n) is 5.03. The van der Waals surface area contributed by atoms with Crippen molar-refractivity contribution in [3.05, 3.63) is 53.5 Å². The van der Waals surface area contributed by atoms with Crippen molar-refractivity contribution in [3.8, 4) is 11.3 Å². The second-order valence-corrected chi connectivity index (χ2v) is 7.03. The fourth-order valence-corrected chi connectivity index (χ4v) is 3.71. The van der Waals surface area contributed by atoms with Gasteiger partial charge in [-0.05, 0) is 44.5 Å². The lowest BCUT2D eigenvalue weighted by Crippen LogP contribution is -2.08. The molecule has 0 radical (unpaired) electrons. The van der Waals surface area contributed by atoms with E-state index < -0.39 is 0 Å². The van der Waals surface area contributed by atoms with Crippen LogP contribution in [0.5, 0.6) is 0 Å². The summed E-state index contributed by atoms with van der Waals surface area (Å²) in [7, 11) is 0. The van der Waals surface area contributed by atoms with Gasteiger partial charge in [-0.15, -0.1) is 0 Å². The molecule has 1 N–H and O–H groups in total. The molecule has 6 nitrogen and oxygen atoms in total. The van der Waals surface area contributed by atoms with Gasteiger partial charge in [-0.3, -0.25) is 0 Å². The van der Waals surface area contributed by atoms with Gasteiger partial charge in [-0.1, -0.05) is 0 Å². The Hall–Kier alpha value is -2.80. The van der Waals surface area contributed by atoms with Crippen LogP contribution in [0.3, 0.4) is 0 Å². The van der Waals surface area contributed by atoms with E-state index >= 15 is 0 Å². The largest absolute Gasteiger partial charge is 0.316 e. The first kappa shape index (κ1) is 15.5. The van der Waals surface area contributed by atoms with Gasteiger partial charge < -0.3 is 9.72 Å². The van der Waals surface area contributed by atoms with Crippen molar-refractivity contribution in [1.82, 2.24) is 29.3 Å². The number of hydrogen-bond donors (Lipinski definition) is 1. The Labute approximate surface area is 149 Å². The van der Waals surface area contributed by atoms with Gasteiger partial charge in [0.05, 0.1) is 23.3 Å². The highest BCUT2D eigenvalue weighted by Crippen LogP contribution is 2.26. The Morgan fingerprint density at radius 3 is 2.81 bits per heavy atom. The molecule has 1 aliphatic heterocycles. The summed E-state index contributed by atoms with van der Waals surface area (Å²) in [6, 6.07) is 3.46. The molecular weight excluding hydrogens is 331 g/mol. The molecule has 1 fully saturated rings. The molecular formula is C19H19FN6. The second-order valence-electron chi connectivity index (χ2n) is 7.03. The molecule has 1 saturated heterocycles. The van der Waals surface area contributed by atoms with Gasteiger partial charge in [-0.25, -0.2) is 18.9 Å². The molecule has 0 spiro atoms. The summed E-state index contributed by atoms with van der Waals surface area (Å²) in [5, 5.41) is 7.93. The van der Waals surface area contributed by atoms with Gasteiger partial charge in [0.2, 0.25) is 0 Å². The van der Waals surface area contributed by atoms with E-state index in [1.54, 1.807) is 8.92 Å². The van der Waals surface area contributed by atoms with E-state index in [4.69, 9.17) is 0 Å².